The fourth-order valence-corrected chi connectivity index (χ4v) is 2.12. The molecule has 6 heteroatoms. The van der Waals surface area contributed by atoms with Gasteiger partial charge in [-0.15, -0.1) is 0 Å². The number of benzene rings is 1. The summed E-state index contributed by atoms with van der Waals surface area (Å²) in [4.78, 5) is 11.7. The number of ether oxygens (including phenoxy) is 2. The van der Waals surface area contributed by atoms with Gasteiger partial charge in [0.25, 0.3) is 0 Å². The summed E-state index contributed by atoms with van der Waals surface area (Å²) in [7, 11) is 3.27. The molecule has 3 aromatic rings. The van der Waals surface area contributed by atoms with Gasteiger partial charge in [-0.1, -0.05) is 12.1 Å². The number of hydrogen-bond acceptors (Lipinski definition) is 5. The largest absolute Gasteiger partial charge is 0.497 e. The van der Waals surface area contributed by atoms with E-state index in [4.69, 9.17) is 9.47 Å². The van der Waals surface area contributed by atoms with E-state index in [9.17, 15) is 0 Å². The van der Waals surface area contributed by atoms with E-state index >= 15 is 0 Å². The lowest BCUT2D eigenvalue weighted by molar-refractivity contribution is 0.414. The van der Waals surface area contributed by atoms with Crippen LogP contribution in [0.15, 0.2) is 36.8 Å². The first-order chi connectivity index (χ1) is 10.3. The van der Waals surface area contributed by atoms with E-state index in [-0.39, 0.29) is 0 Å². The Morgan fingerprint density at radius 3 is 2.62 bits per heavy atom. The zero-order chi connectivity index (χ0) is 14.7. The van der Waals surface area contributed by atoms with Gasteiger partial charge >= 0.3 is 0 Å². The van der Waals surface area contributed by atoms with Crippen molar-refractivity contribution in [3.05, 3.63) is 42.4 Å². The molecule has 0 aliphatic heterocycles. The molecule has 2 aromatic heterocycles. The average molecular weight is 284 g/mol. The SMILES string of the molecule is COc1ccc(CNc2ncc(OC)c3[nH]cnc23)cc1. The number of nitrogens with zero attached hydrogens (tertiary/aromatic N) is 2. The lowest BCUT2D eigenvalue weighted by Crippen LogP contribution is -2.02. The number of anilines is 1. The maximum Gasteiger partial charge on any atom is 0.163 e. The van der Waals surface area contributed by atoms with Crippen molar-refractivity contribution < 1.29 is 9.47 Å². The van der Waals surface area contributed by atoms with Crippen molar-refractivity contribution in [1.29, 1.82) is 0 Å². The highest BCUT2D eigenvalue weighted by Gasteiger charge is 2.10. The first kappa shape index (κ1) is 13.2. The summed E-state index contributed by atoms with van der Waals surface area (Å²) in [5.41, 5.74) is 2.74. The number of hydrogen-bond donors (Lipinski definition) is 2. The van der Waals surface area contributed by atoms with E-state index in [2.05, 4.69) is 20.3 Å². The fourth-order valence-electron chi connectivity index (χ4n) is 2.12. The van der Waals surface area contributed by atoms with Crippen LogP contribution in [0.25, 0.3) is 11.0 Å². The number of aromatic amines is 1. The molecule has 0 spiro atoms. The minimum Gasteiger partial charge on any atom is -0.497 e. The van der Waals surface area contributed by atoms with E-state index in [0.29, 0.717) is 12.3 Å². The summed E-state index contributed by atoms with van der Waals surface area (Å²) in [5.74, 6) is 2.25. The predicted molar refractivity (Wildman–Crippen MR) is 80.8 cm³/mol. The van der Waals surface area contributed by atoms with E-state index in [1.807, 2.05) is 24.3 Å². The van der Waals surface area contributed by atoms with Crippen LogP contribution in [0.3, 0.4) is 0 Å². The van der Waals surface area contributed by atoms with E-state index < -0.39 is 0 Å². The van der Waals surface area contributed by atoms with Gasteiger partial charge in [-0.25, -0.2) is 9.97 Å². The molecule has 2 N–H and O–H groups in total. The molecule has 0 radical (unpaired) electrons. The molecule has 0 fully saturated rings. The first-order valence-electron chi connectivity index (χ1n) is 6.54. The van der Waals surface area contributed by atoms with Crippen molar-refractivity contribution in [2.45, 2.75) is 6.54 Å². The molecule has 2 heterocycles. The van der Waals surface area contributed by atoms with Crippen LogP contribution >= 0.6 is 0 Å². The van der Waals surface area contributed by atoms with Crippen LogP contribution in [0.2, 0.25) is 0 Å². The molecule has 6 nitrogen and oxygen atoms in total. The lowest BCUT2D eigenvalue weighted by Gasteiger charge is -2.08. The van der Waals surface area contributed by atoms with Gasteiger partial charge in [0.15, 0.2) is 11.6 Å². The summed E-state index contributed by atoms with van der Waals surface area (Å²) in [6, 6.07) is 7.89. The molecular weight excluding hydrogens is 268 g/mol. The molecule has 1 aromatic carbocycles. The summed E-state index contributed by atoms with van der Waals surface area (Å²) in [5, 5.41) is 3.29. The van der Waals surface area contributed by atoms with Crippen LogP contribution in [0.5, 0.6) is 11.5 Å². The van der Waals surface area contributed by atoms with Gasteiger partial charge in [-0.2, -0.15) is 0 Å². The number of imidazole rings is 1. The number of fused-ring (bicyclic) bond motifs is 1. The van der Waals surface area contributed by atoms with Gasteiger partial charge in [0.2, 0.25) is 0 Å². The molecule has 108 valence electrons. The molecule has 0 atom stereocenters. The molecule has 21 heavy (non-hydrogen) atoms. The van der Waals surface area contributed by atoms with Crippen molar-refractivity contribution >= 4 is 16.9 Å². The van der Waals surface area contributed by atoms with Crippen molar-refractivity contribution in [2.24, 2.45) is 0 Å². The number of methoxy groups -OCH3 is 2. The number of aromatic nitrogens is 3. The van der Waals surface area contributed by atoms with Crippen LogP contribution in [-0.4, -0.2) is 29.2 Å². The molecule has 0 aliphatic rings. The average Bonchev–Trinajstić information content (AvgIpc) is 3.03. The second-order valence-electron chi connectivity index (χ2n) is 4.50. The van der Waals surface area contributed by atoms with E-state index in [1.54, 1.807) is 26.7 Å². The number of pyridine rings is 1. The number of H-pyrrole nitrogens is 1. The molecular formula is C15H16N4O2. The number of nitrogens with one attached hydrogen (secondary N) is 2. The van der Waals surface area contributed by atoms with Gasteiger partial charge in [-0.05, 0) is 17.7 Å². The molecule has 3 rings (SSSR count). The quantitative estimate of drug-likeness (QED) is 0.753. The Kier molecular flexibility index (Phi) is 3.59. The third-order valence-electron chi connectivity index (χ3n) is 3.26. The second-order valence-corrected chi connectivity index (χ2v) is 4.50. The highest BCUT2D eigenvalue weighted by Crippen LogP contribution is 2.26. The summed E-state index contributed by atoms with van der Waals surface area (Å²) in [6.45, 7) is 0.658. The Labute approximate surface area is 122 Å². The van der Waals surface area contributed by atoms with Crippen molar-refractivity contribution in [3.8, 4) is 11.5 Å². The molecule has 0 unspecified atom stereocenters. The fraction of sp³-hybridized carbons (Fsp3) is 0.200. The van der Waals surface area contributed by atoms with Crippen LogP contribution in [0.4, 0.5) is 5.82 Å². The van der Waals surface area contributed by atoms with Gasteiger partial charge in [-0.3, -0.25) is 0 Å². The van der Waals surface area contributed by atoms with E-state index in [0.717, 1.165) is 28.2 Å². The van der Waals surface area contributed by atoms with Crippen LogP contribution in [0, 0.1) is 0 Å². The van der Waals surface area contributed by atoms with Crippen LogP contribution in [0.1, 0.15) is 5.56 Å². The maximum atomic E-state index is 5.25. The van der Waals surface area contributed by atoms with Gasteiger partial charge in [0.1, 0.15) is 16.8 Å². The summed E-state index contributed by atoms with van der Waals surface area (Å²) in [6.07, 6.45) is 3.31. The zero-order valence-corrected chi connectivity index (χ0v) is 11.9. The molecule has 0 aliphatic carbocycles. The van der Waals surface area contributed by atoms with Gasteiger partial charge < -0.3 is 19.8 Å². The van der Waals surface area contributed by atoms with E-state index in [1.165, 1.54) is 0 Å². The highest BCUT2D eigenvalue weighted by molar-refractivity contribution is 5.89. The Morgan fingerprint density at radius 1 is 1.10 bits per heavy atom. The standard InChI is InChI=1S/C15H16N4O2/c1-20-11-5-3-10(4-6-11)7-16-15-14-13(18-9-19-14)12(21-2)8-17-15/h3-6,8-9H,7H2,1-2H3,(H,16,17)(H,18,19). The van der Waals surface area contributed by atoms with Crippen LogP contribution < -0.4 is 14.8 Å². The smallest absolute Gasteiger partial charge is 0.163 e. The minimum atomic E-state index is 0.658. The minimum absolute atomic E-state index is 0.658. The molecule has 0 bridgehead atoms. The van der Waals surface area contributed by atoms with Gasteiger partial charge in [0, 0.05) is 6.54 Å². The lowest BCUT2D eigenvalue weighted by atomic mass is 10.2. The first-order valence-corrected chi connectivity index (χ1v) is 6.54. The zero-order valence-electron chi connectivity index (χ0n) is 11.9. The van der Waals surface area contributed by atoms with Crippen molar-refractivity contribution in [1.82, 2.24) is 15.0 Å². The Morgan fingerprint density at radius 2 is 1.90 bits per heavy atom. The predicted octanol–water partition coefficient (Wildman–Crippen LogP) is 2.59. The Hall–Kier alpha value is -2.76. The number of rotatable bonds is 5. The van der Waals surface area contributed by atoms with Crippen LogP contribution in [-0.2, 0) is 6.54 Å². The molecule has 0 saturated carbocycles. The third-order valence-corrected chi connectivity index (χ3v) is 3.26. The third kappa shape index (κ3) is 2.60. The summed E-state index contributed by atoms with van der Waals surface area (Å²) < 4.78 is 10.4. The molecule has 0 amide bonds. The van der Waals surface area contributed by atoms with Gasteiger partial charge in [0.05, 0.1) is 26.7 Å². The molecule has 0 saturated heterocycles. The second kappa shape index (κ2) is 5.70. The van der Waals surface area contributed by atoms with Crippen molar-refractivity contribution in [2.75, 3.05) is 19.5 Å². The topological polar surface area (TPSA) is 72.1 Å². The Bertz CT molecular complexity index is 737. The maximum absolute atomic E-state index is 5.25. The normalized spacial score (nSPS) is 10.6. The highest BCUT2D eigenvalue weighted by atomic mass is 16.5. The Balaban J connectivity index is 1.80. The van der Waals surface area contributed by atoms with Crippen molar-refractivity contribution in [3.63, 3.8) is 0 Å². The monoisotopic (exact) mass is 284 g/mol. The summed E-state index contributed by atoms with van der Waals surface area (Å²) >= 11 is 0.